The smallest absolute Gasteiger partial charge is 0.0590 e. The first-order valence-electron chi connectivity index (χ1n) is 5.76. The molecule has 0 bridgehead atoms. The van der Waals surface area contributed by atoms with E-state index < -0.39 is 0 Å². The Labute approximate surface area is 109 Å². The Morgan fingerprint density at radius 2 is 2.18 bits per heavy atom. The van der Waals surface area contributed by atoms with Crippen molar-refractivity contribution in [2.75, 3.05) is 11.9 Å². The Morgan fingerprint density at radius 3 is 3.00 bits per heavy atom. The maximum Gasteiger partial charge on any atom is 0.0590 e. The first-order chi connectivity index (χ1) is 8.34. The van der Waals surface area contributed by atoms with E-state index in [1.165, 1.54) is 17.5 Å². The number of fused-ring (bicyclic) bond motifs is 1. The zero-order valence-corrected chi connectivity index (χ0v) is 10.9. The Bertz CT molecular complexity index is 539. The predicted octanol–water partition coefficient (Wildman–Crippen LogP) is 3.60. The summed E-state index contributed by atoms with van der Waals surface area (Å²) >= 11 is 3.49. The highest BCUT2D eigenvalue weighted by atomic mass is 79.9. The van der Waals surface area contributed by atoms with E-state index in [0.717, 1.165) is 16.7 Å². The third kappa shape index (κ3) is 2.07. The standard InChI is InChI=1S/C14H13BrN2/c15-13-9-16-6-5-14(13)17-8-11-7-10-3-1-2-4-12(10)11/h1-6,9,11H,7-8H2,(H,16,17). The summed E-state index contributed by atoms with van der Waals surface area (Å²) in [4.78, 5) is 4.06. The molecule has 86 valence electrons. The van der Waals surface area contributed by atoms with Gasteiger partial charge in [-0.2, -0.15) is 0 Å². The van der Waals surface area contributed by atoms with Crippen LogP contribution in [0.25, 0.3) is 0 Å². The highest BCUT2D eigenvalue weighted by Gasteiger charge is 2.24. The average Bonchev–Trinajstić information content (AvgIpc) is 2.32. The summed E-state index contributed by atoms with van der Waals surface area (Å²) in [7, 11) is 0. The van der Waals surface area contributed by atoms with Gasteiger partial charge in [0.15, 0.2) is 0 Å². The molecular weight excluding hydrogens is 276 g/mol. The normalized spacial score (nSPS) is 17.1. The van der Waals surface area contributed by atoms with Crippen molar-refractivity contribution >= 4 is 21.6 Å². The third-order valence-corrected chi connectivity index (χ3v) is 3.90. The molecule has 0 saturated heterocycles. The topological polar surface area (TPSA) is 24.9 Å². The second-order valence-electron chi connectivity index (χ2n) is 4.34. The van der Waals surface area contributed by atoms with Gasteiger partial charge in [0.2, 0.25) is 0 Å². The van der Waals surface area contributed by atoms with Crippen LogP contribution in [-0.2, 0) is 6.42 Å². The van der Waals surface area contributed by atoms with Crippen molar-refractivity contribution in [1.82, 2.24) is 4.98 Å². The summed E-state index contributed by atoms with van der Waals surface area (Å²) < 4.78 is 1.02. The van der Waals surface area contributed by atoms with Crippen LogP contribution in [0.3, 0.4) is 0 Å². The predicted molar refractivity (Wildman–Crippen MR) is 73.3 cm³/mol. The van der Waals surface area contributed by atoms with E-state index in [9.17, 15) is 0 Å². The fraction of sp³-hybridized carbons (Fsp3) is 0.214. The lowest BCUT2D eigenvalue weighted by atomic mass is 9.77. The summed E-state index contributed by atoms with van der Waals surface area (Å²) in [5.41, 5.74) is 4.10. The quantitative estimate of drug-likeness (QED) is 0.934. The summed E-state index contributed by atoms with van der Waals surface area (Å²) in [6, 6.07) is 10.7. The van der Waals surface area contributed by atoms with Crippen molar-refractivity contribution in [3.05, 3.63) is 58.3 Å². The largest absolute Gasteiger partial charge is 0.383 e. The van der Waals surface area contributed by atoms with Crippen LogP contribution in [0.2, 0.25) is 0 Å². The van der Waals surface area contributed by atoms with Gasteiger partial charge < -0.3 is 5.32 Å². The molecule has 1 atom stereocenters. The molecule has 0 aliphatic heterocycles. The molecule has 3 heteroatoms. The van der Waals surface area contributed by atoms with Crippen LogP contribution < -0.4 is 5.32 Å². The molecule has 1 unspecified atom stereocenters. The molecule has 2 nitrogen and oxygen atoms in total. The van der Waals surface area contributed by atoms with Crippen molar-refractivity contribution in [2.45, 2.75) is 12.3 Å². The number of nitrogens with zero attached hydrogens (tertiary/aromatic N) is 1. The summed E-state index contributed by atoms with van der Waals surface area (Å²) in [6.45, 7) is 0.986. The van der Waals surface area contributed by atoms with Crippen LogP contribution in [0.5, 0.6) is 0 Å². The second-order valence-corrected chi connectivity index (χ2v) is 5.19. The van der Waals surface area contributed by atoms with Gasteiger partial charge in [-0.25, -0.2) is 0 Å². The molecule has 17 heavy (non-hydrogen) atoms. The summed E-state index contributed by atoms with van der Waals surface area (Å²) in [5.74, 6) is 0.645. The van der Waals surface area contributed by atoms with Crippen molar-refractivity contribution in [3.8, 4) is 0 Å². The molecule has 0 amide bonds. The number of pyridine rings is 1. The van der Waals surface area contributed by atoms with E-state index in [4.69, 9.17) is 0 Å². The van der Waals surface area contributed by atoms with E-state index in [2.05, 4.69) is 50.5 Å². The molecule has 0 radical (unpaired) electrons. The lowest BCUT2D eigenvalue weighted by Gasteiger charge is -2.30. The first kappa shape index (κ1) is 10.8. The van der Waals surface area contributed by atoms with Crippen molar-refractivity contribution in [3.63, 3.8) is 0 Å². The van der Waals surface area contributed by atoms with Crippen LogP contribution in [0.1, 0.15) is 17.0 Å². The SMILES string of the molecule is Brc1cnccc1NCC1Cc2ccccc21. The highest BCUT2D eigenvalue weighted by Crippen LogP contribution is 2.35. The average molecular weight is 289 g/mol. The van der Waals surface area contributed by atoms with Gasteiger partial charge in [-0.1, -0.05) is 24.3 Å². The Balaban J connectivity index is 1.66. The molecule has 3 rings (SSSR count). The fourth-order valence-corrected chi connectivity index (χ4v) is 2.69. The minimum absolute atomic E-state index is 0.645. The van der Waals surface area contributed by atoms with Crippen molar-refractivity contribution in [1.29, 1.82) is 0 Å². The Kier molecular flexibility index (Phi) is 2.85. The molecule has 1 heterocycles. The molecule has 1 aromatic carbocycles. The number of nitrogens with one attached hydrogen (secondary N) is 1. The van der Waals surface area contributed by atoms with Gasteiger partial charge in [0.1, 0.15) is 0 Å². The first-order valence-corrected chi connectivity index (χ1v) is 6.55. The van der Waals surface area contributed by atoms with E-state index >= 15 is 0 Å². The van der Waals surface area contributed by atoms with Crippen molar-refractivity contribution in [2.24, 2.45) is 0 Å². The molecular formula is C14H13BrN2. The fourth-order valence-electron chi connectivity index (χ4n) is 2.30. The van der Waals surface area contributed by atoms with E-state index in [0.29, 0.717) is 5.92 Å². The summed E-state index contributed by atoms with van der Waals surface area (Å²) in [5, 5.41) is 3.47. The number of hydrogen-bond donors (Lipinski definition) is 1. The number of aromatic nitrogens is 1. The molecule has 1 N–H and O–H groups in total. The maximum atomic E-state index is 4.06. The molecule has 1 aromatic heterocycles. The minimum atomic E-state index is 0.645. The van der Waals surface area contributed by atoms with E-state index in [1.54, 1.807) is 0 Å². The number of rotatable bonds is 3. The molecule has 1 aliphatic carbocycles. The minimum Gasteiger partial charge on any atom is -0.383 e. The lowest BCUT2D eigenvalue weighted by Crippen LogP contribution is -2.24. The zero-order chi connectivity index (χ0) is 11.7. The zero-order valence-electron chi connectivity index (χ0n) is 9.36. The maximum absolute atomic E-state index is 4.06. The van der Waals surface area contributed by atoms with Gasteiger partial charge in [-0.05, 0) is 39.5 Å². The molecule has 1 aliphatic rings. The lowest BCUT2D eigenvalue weighted by molar-refractivity contribution is 0.635. The van der Waals surface area contributed by atoms with Gasteiger partial charge in [0.05, 0.1) is 10.2 Å². The van der Waals surface area contributed by atoms with E-state index in [-0.39, 0.29) is 0 Å². The van der Waals surface area contributed by atoms with Crippen LogP contribution >= 0.6 is 15.9 Å². The molecule has 2 aromatic rings. The van der Waals surface area contributed by atoms with Crippen LogP contribution in [0.4, 0.5) is 5.69 Å². The molecule has 0 fully saturated rings. The monoisotopic (exact) mass is 288 g/mol. The van der Waals surface area contributed by atoms with Gasteiger partial charge in [0.25, 0.3) is 0 Å². The van der Waals surface area contributed by atoms with Gasteiger partial charge in [-0.3, -0.25) is 4.98 Å². The highest BCUT2D eigenvalue weighted by molar-refractivity contribution is 9.10. The Morgan fingerprint density at radius 1 is 1.29 bits per heavy atom. The van der Waals surface area contributed by atoms with Crippen molar-refractivity contribution < 1.29 is 0 Å². The number of halogens is 1. The number of hydrogen-bond acceptors (Lipinski definition) is 2. The van der Waals surface area contributed by atoms with E-state index in [1.807, 2.05) is 18.5 Å². The Hall–Kier alpha value is -1.35. The molecule has 0 saturated carbocycles. The van der Waals surface area contributed by atoms with Crippen LogP contribution in [0.15, 0.2) is 47.2 Å². The van der Waals surface area contributed by atoms with Gasteiger partial charge in [0, 0.05) is 24.9 Å². The van der Waals surface area contributed by atoms with Crippen LogP contribution in [0, 0.1) is 0 Å². The van der Waals surface area contributed by atoms with Crippen LogP contribution in [-0.4, -0.2) is 11.5 Å². The molecule has 0 spiro atoms. The number of anilines is 1. The third-order valence-electron chi connectivity index (χ3n) is 3.27. The number of benzene rings is 1. The van der Waals surface area contributed by atoms with Gasteiger partial charge >= 0.3 is 0 Å². The summed E-state index contributed by atoms with van der Waals surface area (Å²) in [6.07, 6.45) is 4.81. The second kappa shape index (κ2) is 4.49. The van der Waals surface area contributed by atoms with Gasteiger partial charge in [-0.15, -0.1) is 0 Å².